The van der Waals surface area contributed by atoms with Gasteiger partial charge in [-0.1, -0.05) is 0 Å². The number of hydrogen-bond donors (Lipinski definition) is 0. The lowest BCUT2D eigenvalue weighted by Gasteiger charge is -1.79. The average Bonchev–Trinajstić information content (AvgIpc) is 1.41. The lowest BCUT2D eigenvalue weighted by Crippen LogP contribution is -1.65. The molecule has 28 valence electrons. The van der Waals surface area contributed by atoms with E-state index in [-0.39, 0.29) is 0 Å². The van der Waals surface area contributed by atoms with Gasteiger partial charge in [-0.2, -0.15) is 11.8 Å². The Bertz CT molecular complexity index is 11.1. The van der Waals surface area contributed by atoms with Crippen molar-refractivity contribution >= 4 is 11.8 Å². The molecule has 0 unspecified atom stereocenters. The van der Waals surface area contributed by atoms with Crippen LogP contribution in [0.3, 0.4) is 0 Å². The summed E-state index contributed by atoms with van der Waals surface area (Å²) in [6.45, 7) is 10.0. The van der Waals surface area contributed by atoms with Crippen molar-refractivity contribution in [1.82, 2.24) is 0 Å². The largest absolute Gasteiger partial charge is 0.161 e. The molecule has 0 aromatic heterocycles. The second kappa shape index (κ2) is 4.35. The highest BCUT2D eigenvalue weighted by Gasteiger charge is 1.68. The smallest absolute Gasteiger partial charge is 0.00329 e. The van der Waals surface area contributed by atoms with Crippen LogP contribution >= 0.6 is 11.8 Å². The molecule has 0 aromatic carbocycles. The third-order valence-electron chi connectivity index (χ3n) is 0.236. The highest BCUT2D eigenvalue weighted by Crippen LogP contribution is 1.92. The van der Waals surface area contributed by atoms with Gasteiger partial charge in [-0.25, -0.2) is 0 Å². The zero-order chi connectivity index (χ0) is 4.12. The van der Waals surface area contributed by atoms with Crippen molar-refractivity contribution in [3.05, 3.63) is 13.8 Å². The zero-order valence-electron chi connectivity index (χ0n) is 2.98. The summed E-state index contributed by atoms with van der Waals surface area (Å²) in [5, 5.41) is 0. The third kappa shape index (κ3) is 4.35. The van der Waals surface area contributed by atoms with E-state index in [1.165, 1.54) is 11.8 Å². The van der Waals surface area contributed by atoms with Crippen LogP contribution in [0.5, 0.6) is 0 Å². The maximum Gasteiger partial charge on any atom is -0.00329 e. The number of rotatable bonds is 2. The monoisotopic (exact) mass is 86.0 g/mol. The van der Waals surface area contributed by atoms with Gasteiger partial charge in [-0.15, -0.1) is 0 Å². The Morgan fingerprint density at radius 1 is 1.20 bits per heavy atom. The zero-order valence-corrected chi connectivity index (χ0v) is 3.79. The van der Waals surface area contributed by atoms with E-state index in [0.29, 0.717) is 11.5 Å². The Kier molecular flexibility index (Phi) is 4.65. The van der Waals surface area contributed by atoms with E-state index in [2.05, 4.69) is 0 Å². The van der Waals surface area contributed by atoms with Gasteiger partial charge in [0.2, 0.25) is 0 Å². The summed E-state index contributed by atoms with van der Waals surface area (Å²) >= 11 is 1.52. The van der Waals surface area contributed by atoms with Crippen molar-refractivity contribution in [3.63, 3.8) is 0 Å². The third-order valence-corrected chi connectivity index (χ3v) is 0.707. The van der Waals surface area contributed by atoms with Crippen molar-refractivity contribution in [3.8, 4) is 0 Å². The van der Waals surface area contributed by atoms with Gasteiger partial charge in [-0.3, -0.25) is 0 Å². The summed E-state index contributed by atoms with van der Waals surface area (Å²) in [7, 11) is 0. The van der Waals surface area contributed by atoms with E-state index in [4.69, 9.17) is 13.8 Å². The van der Waals surface area contributed by atoms with Crippen LogP contribution in [0.1, 0.15) is 0 Å². The molecule has 0 aliphatic carbocycles. The predicted molar refractivity (Wildman–Crippen MR) is 25.9 cm³/mol. The van der Waals surface area contributed by atoms with Gasteiger partial charge in [-0.05, 0) is 25.4 Å². The van der Waals surface area contributed by atoms with E-state index < -0.39 is 0 Å². The molecule has 0 saturated heterocycles. The van der Waals surface area contributed by atoms with Gasteiger partial charge in [0, 0.05) is 0 Å². The second-order valence-corrected chi connectivity index (χ2v) is 1.61. The first-order valence-corrected chi connectivity index (χ1v) is 2.55. The van der Waals surface area contributed by atoms with Gasteiger partial charge in [0.1, 0.15) is 0 Å². The Morgan fingerprint density at radius 3 is 1.60 bits per heavy atom. The molecule has 0 aromatic rings. The van der Waals surface area contributed by atoms with E-state index in [0.717, 1.165) is 0 Å². The van der Waals surface area contributed by atoms with Crippen LogP contribution in [0, 0.1) is 13.8 Å². The fraction of sp³-hybridized carbons (Fsp3) is 0.500. The summed E-state index contributed by atoms with van der Waals surface area (Å²) in [6, 6.07) is 0. The van der Waals surface area contributed by atoms with Crippen molar-refractivity contribution in [1.29, 1.82) is 0 Å². The standard InChI is InChI=1S/C4H6S/c1-3-5-4-2/h1-2H,3-4H2. The summed E-state index contributed by atoms with van der Waals surface area (Å²) in [6.07, 6.45) is 0. The highest BCUT2D eigenvalue weighted by atomic mass is 32.2. The van der Waals surface area contributed by atoms with Crippen molar-refractivity contribution in [2.24, 2.45) is 0 Å². The van der Waals surface area contributed by atoms with Gasteiger partial charge >= 0.3 is 0 Å². The fourth-order valence-corrected chi connectivity index (χ4v) is 0.204. The van der Waals surface area contributed by atoms with Crippen molar-refractivity contribution in [2.45, 2.75) is 0 Å². The minimum Gasteiger partial charge on any atom is -0.161 e. The van der Waals surface area contributed by atoms with Crippen LogP contribution in [-0.2, 0) is 0 Å². The summed E-state index contributed by atoms with van der Waals surface area (Å²) < 4.78 is 0. The molecule has 0 bridgehead atoms. The Morgan fingerprint density at radius 2 is 1.60 bits per heavy atom. The maximum absolute atomic E-state index is 5.02. The van der Waals surface area contributed by atoms with E-state index in [9.17, 15) is 0 Å². The van der Waals surface area contributed by atoms with Crippen LogP contribution < -0.4 is 0 Å². The summed E-state index contributed by atoms with van der Waals surface area (Å²) in [5.41, 5.74) is 0. The highest BCUT2D eigenvalue weighted by molar-refractivity contribution is 7.99. The van der Waals surface area contributed by atoms with Gasteiger partial charge in [0.15, 0.2) is 0 Å². The Hall–Kier alpha value is 0.350. The van der Waals surface area contributed by atoms with Crippen molar-refractivity contribution < 1.29 is 0 Å². The average molecular weight is 86.2 g/mol. The first-order valence-electron chi connectivity index (χ1n) is 1.39. The molecule has 0 aliphatic heterocycles. The van der Waals surface area contributed by atoms with Crippen LogP contribution in [0.4, 0.5) is 0 Å². The Balaban J connectivity index is 2.19. The minimum atomic E-state index is 0.635. The summed E-state index contributed by atoms with van der Waals surface area (Å²) in [5.74, 6) is 1.27. The molecular weight excluding hydrogens is 80.1 g/mol. The fourth-order valence-electron chi connectivity index (χ4n) is 0.0680. The molecule has 0 aliphatic rings. The number of thioether (sulfide) groups is 1. The van der Waals surface area contributed by atoms with Crippen LogP contribution in [0.2, 0.25) is 0 Å². The predicted octanol–water partition coefficient (Wildman–Crippen LogP) is 1.14. The SMILES string of the molecule is [CH]CSC[CH]. The molecule has 0 heterocycles. The lowest BCUT2D eigenvalue weighted by molar-refractivity contribution is 1.74. The van der Waals surface area contributed by atoms with E-state index in [1.807, 2.05) is 0 Å². The first kappa shape index (κ1) is 5.35. The number of hydrogen-bond acceptors (Lipinski definition) is 1. The van der Waals surface area contributed by atoms with Gasteiger partial charge in [0.05, 0.1) is 0 Å². The molecule has 0 rings (SSSR count). The normalized spacial score (nSPS) is 8.40. The molecule has 0 spiro atoms. The maximum atomic E-state index is 5.02. The van der Waals surface area contributed by atoms with Crippen LogP contribution in [0.25, 0.3) is 0 Å². The van der Waals surface area contributed by atoms with Crippen LogP contribution in [-0.4, -0.2) is 11.5 Å². The second-order valence-electron chi connectivity index (χ2n) is 0.537. The Labute approximate surface area is 38.0 Å². The molecule has 0 amide bonds. The molecule has 4 radical (unpaired) electrons. The topological polar surface area (TPSA) is 0 Å². The quantitative estimate of drug-likeness (QED) is 0.485. The molecular formula is C4H6S. The molecule has 5 heavy (non-hydrogen) atoms. The lowest BCUT2D eigenvalue weighted by atomic mass is 11.0. The molecule has 0 nitrogen and oxygen atoms in total. The summed E-state index contributed by atoms with van der Waals surface area (Å²) in [4.78, 5) is 0. The van der Waals surface area contributed by atoms with Gasteiger partial charge < -0.3 is 0 Å². The van der Waals surface area contributed by atoms with E-state index >= 15 is 0 Å². The molecule has 0 fully saturated rings. The van der Waals surface area contributed by atoms with E-state index in [1.54, 1.807) is 0 Å². The minimum absolute atomic E-state index is 0.635. The van der Waals surface area contributed by atoms with Gasteiger partial charge in [0.25, 0.3) is 0 Å². The van der Waals surface area contributed by atoms with Crippen LogP contribution in [0.15, 0.2) is 0 Å². The molecule has 0 N–H and O–H groups in total. The first-order chi connectivity index (χ1) is 2.41. The molecule has 0 saturated carbocycles. The van der Waals surface area contributed by atoms with Crippen molar-refractivity contribution in [2.75, 3.05) is 11.5 Å². The molecule has 0 atom stereocenters. The molecule has 1 heteroatoms.